The number of rotatable bonds is 10. The van der Waals surface area contributed by atoms with Gasteiger partial charge in [-0.05, 0) is 31.7 Å². The summed E-state index contributed by atoms with van der Waals surface area (Å²) >= 11 is 0. The van der Waals surface area contributed by atoms with Crippen molar-refractivity contribution in [2.24, 2.45) is 0 Å². The molecule has 0 spiro atoms. The molecular weight excluding hydrogens is 561 g/mol. The quantitative estimate of drug-likeness (QED) is 0.342. The first-order valence-corrected chi connectivity index (χ1v) is 13.8. The number of halogens is 3. The number of nitrogens with one attached hydrogen (secondary N) is 1. The smallest absolute Gasteiger partial charge is 0.278 e. The highest BCUT2D eigenvalue weighted by Crippen LogP contribution is 2.40. The van der Waals surface area contributed by atoms with E-state index in [-0.39, 0.29) is 24.7 Å². The molecule has 1 atom stereocenters. The maximum atomic E-state index is 14.3. The predicted octanol–water partition coefficient (Wildman–Crippen LogP) is 4.81. The third-order valence-electron chi connectivity index (χ3n) is 8.10. The maximum absolute atomic E-state index is 14.3. The van der Waals surface area contributed by atoms with Gasteiger partial charge in [-0.15, -0.1) is 13.2 Å². The van der Waals surface area contributed by atoms with Gasteiger partial charge in [-0.1, -0.05) is 42.5 Å². The van der Waals surface area contributed by atoms with Crippen LogP contribution in [0.25, 0.3) is 0 Å². The second-order valence-electron chi connectivity index (χ2n) is 10.7. The second kappa shape index (κ2) is 11.8. The van der Waals surface area contributed by atoms with Gasteiger partial charge in [0.05, 0.1) is 5.54 Å². The lowest BCUT2D eigenvalue weighted by molar-refractivity contribution is 0.0587. The van der Waals surface area contributed by atoms with Crippen LogP contribution < -0.4 is 20.5 Å². The minimum atomic E-state index is -1.18. The van der Waals surface area contributed by atoms with Crippen LogP contribution in [0, 0.1) is 17.5 Å². The van der Waals surface area contributed by atoms with Crippen LogP contribution >= 0.6 is 0 Å². The minimum absolute atomic E-state index is 0.0684. The van der Waals surface area contributed by atoms with Crippen LogP contribution in [0.2, 0.25) is 0 Å². The molecule has 1 saturated carbocycles. The second-order valence-corrected chi connectivity index (χ2v) is 10.7. The fourth-order valence-electron chi connectivity index (χ4n) is 5.31. The molecule has 1 N–H and O–H groups in total. The highest BCUT2D eigenvalue weighted by molar-refractivity contribution is 5.99. The van der Waals surface area contributed by atoms with Crippen LogP contribution in [-0.4, -0.2) is 39.6 Å². The Morgan fingerprint density at radius 1 is 1.12 bits per heavy atom. The van der Waals surface area contributed by atoms with Crippen molar-refractivity contribution in [2.75, 3.05) is 11.7 Å². The molecule has 2 heterocycles. The lowest BCUT2D eigenvalue weighted by atomic mass is 9.76. The third-order valence-corrected chi connectivity index (χ3v) is 8.10. The number of fused-ring (bicyclic) bond motifs is 1. The molecule has 0 saturated heterocycles. The van der Waals surface area contributed by atoms with E-state index in [9.17, 15) is 27.6 Å². The average Bonchev–Trinajstić information content (AvgIpc) is 2.96. The first-order chi connectivity index (χ1) is 20.6. The van der Waals surface area contributed by atoms with Crippen LogP contribution in [0.15, 0.2) is 78.8 Å². The van der Waals surface area contributed by atoms with Crippen molar-refractivity contribution < 1.29 is 27.5 Å². The summed E-state index contributed by atoms with van der Waals surface area (Å²) in [5, 5.41) is 4.22. The Hall–Kier alpha value is -4.80. The van der Waals surface area contributed by atoms with Crippen molar-refractivity contribution in [1.82, 2.24) is 14.9 Å². The summed E-state index contributed by atoms with van der Waals surface area (Å²) in [6.07, 6.45) is 7.00. The first kappa shape index (κ1) is 29.7. The van der Waals surface area contributed by atoms with Gasteiger partial charge in [0.2, 0.25) is 5.43 Å². The number of nitrogens with zero attached hydrogens (tertiary/aromatic N) is 3. The number of hydrogen-bond donors (Lipinski definition) is 1. The van der Waals surface area contributed by atoms with Crippen molar-refractivity contribution in [3.8, 4) is 5.75 Å². The molecule has 8 nitrogen and oxygen atoms in total. The zero-order valence-electron chi connectivity index (χ0n) is 23.6. The third kappa shape index (κ3) is 5.42. The van der Waals surface area contributed by atoms with E-state index in [1.165, 1.54) is 10.9 Å². The molecule has 1 aliphatic carbocycles. The zero-order chi connectivity index (χ0) is 30.9. The van der Waals surface area contributed by atoms with E-state index in [1.54, 1.807) is 48.2 Å². The summed E-state index contributed by atoms with van der Waals surface area (Å²) in [5.41, 5.74) is -1.77. The van der Waals surface area contributed by atoms with Gasteiger partial charge in [-0.25, -0.2) is 13.2 Å². The molecular formula is C32H31F3N4O4. The fourth-order valence-corrected chi connectivity index (χ4v) is 5.31. The Bertz CT molecular complexity index is 1630. The molecule has 0 bridgehead atoms. The number of ether oxygens (including phenoxy) is 1. The molecule has 0 radical (unpaired) electrons. The fraction of sp³-hybridized carbons (Fsp3) is 0.281. The molecule has 1 fully saturated rings. The van der Waals surface area contributed by atoms with Crippen LogP contribution in [0.3, 0.4) is 0 Å². The normalized spacial score (nSPS) is 16.1. The average molecular weight is 593 g/mol. The van der Waals surface area contributed by atoms with E-state index >= 15 is 0 Å². The number of benzene rings is 2. The molecule has 2 amide bonds. The number of hydrogen-bond acceptors (Lipinski definition) is 5. The lowest BCUT2D eigenvalue weighted by Gasteiger charge is -2.54. The molecule has 0 unspecified atom stereocenters. The van der Waals surface area contributed by atoms with E-state index in [0.29, 0.717) is 12.1 Å². The van der Waals surface area contributed by atoms with Crippen LogP contribution in [0.1, 0.15) is 58.2 Å². The van der Waals surface area contributed by atoms with Crippen LogP contribution in [0.5, 0.6) is 5.75 Å². The summed E-state index contributed by atoms with van der Waals surface area (Å²) in [5.74, 6) is -5.26. The minimum Gasteiger partial charge on any atom is -0.482 e. The van der Waals surface area contributed by atoms with Gasteiger partial charge in [-0.3, -0.25) is 24.1 Å². The van der Waals surface area contributed by atoms with E-state index in [4.69, 9.17) is 4.74 Å². The van der Waals surface area contributed by atoms with Gasteiger partial charge < -0.3 is 15.0 Å². The predicted molar refractivity (Wildman–Crippen MR) is 155 cm³/mol. The monoisotopic (exact) mass is 592 g/mol. The summed E-state index contributed by atoms with van der Waals surface area (Å²) < 4.78 is 49.4. The van der Waals surface area contributed by atoms with Crippen molar-refractivity contribution >= 4 is 11.8 Å². The van der Waals surface area contributed by atoms with Gasteiger partial charge in [0.1, 0.15) is 36.3 Å². The molecule has 5 rings (SSSR count). The van der Waals surface area contributed by atoms with Crippen molar-refractivity contribution in [1.29, 1.82) is 0 Å². The maximum Gasteiger partial charge on any atom is 0.278 e. The highest BCUT2D eigenvalue weighted by Gasteiger charge is 2.47. The van der Waals surface area contributed by atoms with E-state index in [2.05, 4.69) is 18.5 Å². The summed E-state index contributed by atoms with van der Waals surface area (Å²) in [7, 11) is 0. The number of carbonyl (C=O) groups excluding carboxylic acids is 2. The van der Waals surface area contributed by atoms with Crippen molar-refractivity contribution in [3.05, 3.63) is 124 Å². The van der Waals surface area contributed by atoms with Crippen LogP contribution in [-0.2, 0) is 13.2 Å². The molecule has 11 heteroatoms. The van der Waals surface area contributed by atoms with Gasteiger partial charge in [0.25, 0.3) is 11.8 Å². The molecule has 43 heavy (non-hydrogen) atoms. The van der Waals surface area contributed by atoms with Crippen molar-refractivity contribution in [3.63, 3.8) is 0 Å². The largest absolute Gasteiger partial charge is 0.482 e. The molecule has 1 aromatic heterocycles. The SMILES string of the molecule is C=C[C@H](C)N1CN(C2(C=C)CCC2)n2cc(C(=O)NCc3c(F)cc(F)cc3F)c(=O)c(OCc3ccccc3)c2C1=O. The topological polar surface area (TPSA) is 83.9 Å². The van der Waals surface area contributed by atoms with E-state index < -0.39 is 63.9 Å². The summed E-state index contributed by atoms with van der Waals surface area (Å²) in [4.78, 5) is 42.8. The molecule has 2 aromatic carbocycles. The summed E-state index contributed by atoms with van der Waals surface area (Å²) in [6, 6.07) is 9.59. The Morgan fingerprint density at radius 3 is 2.37 bits per heavy atom. The number of carbonyl (C=O) groups is 2. The Labute approximate surface area is 246 Å². The first-order valence-electron chi connectivity index (χ1n) is 13.8. The standard InChI is InChI=1S/C32H31F3N4O4/c1-4-20(3)37-19-39(32(5-2)12-9-13-32)38-17-24(30(41)36-16-23-25(34)14-22(33)15-26(23)35)28(40)29(27(38)31(37)42)43-18-21-10-7-6-8-11-21/h4-8,10-11,14-15,17,20H,1-2,9,12-13,16,18-19H2,3H3,(H,36,41)/t20-/m0/s1. The van der Waals surface area contributed by atoms with E-state index in [0.717, 1.165) is 24.8 Å². The lowest BCUT2D eigenvalue weighted by Crippen LogP contribution is -2.66. The number of amides is 2. The molecule has 3 aromatic rings. The molecule has 1 aliphatic heterocycles. The van der Waals surface area contributed by atoms with E-state index in [1.807, 2.05) is 11.1 Å². The highest BCUT2D eigenvalue weighted by atomic mass is 19.1. The van der Waals surface area contributed by atoms with Gasteiger partial charge >= 0.3 is 0 Å². The van der Waals surface area contributed by atoms with Crippen molar-refractivity contribution in [2.45, 2.75) is 50.9 Å². The van der Waals surface area contributed by atoms with Gasteiger partial charge in [0, 0.05) is 36.5 Å². The Balaban J connectivity index is 1.62. The summed E-state index contributed by atoms with van der Waals surface area (Å²) in [6.45, 7) is 9.04. The number of aromatic nitrogens is 1. The Morgan fingerprint density at radius 2 is 1.79 bits per heavy atom. The zero-order valence-corrected chi connectivity index (χ0v) is 23.6. The number of pyridine rings is 1. The Kier molecular flexibility index (Phi) is 8.16. The van der Waals surface area contributed by atoms with Crippen LogP contribution in [0.4, 0.5) is 13.2 Å². The molecule has 2 aliphatic rings. The van der Waals surface area contributed by atoms with Gasteiger partial charge in [0.15, 0.2) is 11.4 Å². The van der Waals surface area contributed by atoms with Gasteiger partial charge in [-0.2, -0.15) is 0 Å². The molecule has 224 valence electrons.